The summed E-state index contributed by atoms with van der Waals surface area (Å²) in [5.41, 5.74) is 1.90. The molecule has 0 aliphatic carbocycles. The van der Waals surface area contributed by atoms with Gasteiger partial charge in [-0.1, -0.05) is 12.1 Å². The normalized spacial score (nSPS) is 22.1. The third-order valence-electron chi connectivity index (χ3n) is 8.11. The Balaban J connectivity index is 1.42. The number of benzene rings is 1. The minimum absolute atomic E-state index is 0.184. The van der Waals surface area contributed by atoms with E-state index in [2.05, 4.69) is 30.4 Å². The van der Waals surface area contributed by atoms with Gasteiger partial charge >= 0.3 is 0 Å². The highest BCUT2D eigenvalue weighted by molar-refractivity contribution is 5.92. The van der Waals surface area contributed by atoms with Crippen molar-refractivity contribution in [3.05, 3.63) is 47.8 Å². The van der Waals surface area contributed by atoms with Crippen molar-refractivity contribution in [1.82, 2.24) is 30.4 Å². The van der Waals surface area contributed by atoms with E-state index in [1.807, 2.05) is 36.7 Å². The first-order valence-electron chi connectivity index (χ1n) is 15.1. The van der Waals surface area contributed by atoms with Gasteiger partial charge in [0.15, 0.2) is 0 Å². The predicted molar refractivity (Wildman–Crippen MR) is 161 cm³/mol. The van der Waals surface area contributed by atoms with Crippen LogP contribution in [0, 0.1) is 0 Å². The molecule has 228 valence electrons. The molecular weight excluding hydrogens is 534 g/mol. The first kappa shape index (κ1) is 31.2. The molecule has 11 nitrogen and oxygen atoms in total. The number of piperidine rings is 1. The number of hydrogen-bond acceptors (Lipinski definition) is 8. The van der Waals surface area contributed by atoms with Crippen molar-refractivity contribution >= 4 is 23.7 Å². The van der Waals surface area contributed by atoms with E-state index in [0.29, 0.717) is 44.6 Å². The highest BCUT2D eigenvalue weighted by Gasteiger charge is 2.30. The number of carbonyl (C=O) groups excluding carboxylic acids is 3. The molecule has 0 bridgehead atoms. The molecule has 2 saturated heterocycles. The number of amides is 3. The molecule has 0 saturated carbocycles. The van der Waals surface area contributed by atoms with E-state index in [9.17, 15) is 14.4 Å². The van der Waals surface area contributed by atoms with E-state index in [1.165, 1.54) is 24.2 Å². The zero-order valence-electron chi connectivity index (χ0n) is 25.2. The van der Waals surface area contributed by atoms with Gasteiger partial charge in [-0.2, -0.15) is 0 Å². The maximum atomic E-state index is 13.5. The van der Waals surface area contributed by atoms with Gasteiger partial charge < -0.3 is 25.2 Å². The third-order valence-corrected chi connectivity index (χ3v) is 8.11. The summed E-state index contributed by atoms with van der Waals surface area (Å²) in [5, 5.41) is 5.92. The Morgan fingerprint density at radius 3 is 2.29 bits per heavy atom. The van der Waals surface area contributed by atoms with E-state index in [0.717, 1.165) is 43.1 Å². The number of nitrogens with zero attached hydrogens (tertiary/aromatic N) is 5. The Morgan fingerprint density at radius 1 is 0.905 bits per heavy atom. The van der Waals surface area contributed by atoms with Crippen LogP contribution in [-0.2, 0) is 27.3 Å². The molecule has 1 aromatic heterocycles. The summed E-state index contributed by atoms with van der Waals surface area (Å²) in [6, 6.07) is 5.95. The molecule has 1 aromatic carbocycles. The van der Waals surface area contributed by atoms with Crippen LogP contribution in [0.15, 0.2) is 36.7 Å². The van der Waals surface area contributed by atoms with E-state index >= 15 is 0 Å². The summed E-state index contributed by atoms with van der Waals surface area (Å²) in [7, 11) is 3.21. The summed E-state index contributed by atoms with van der Waals surface area (Å²) in [6.07, 6.45) is 9.40. The Bertz CT molecular complexity index is 1170. The maximum Gasteiger partial charge on any atom is 0.245 e. The Labute approximate surface area is 249 Å². The monoisotopic (exact) mass is 579 g/mol. The number of anilines is 1. The van der Waals surface area contributed by atoms with Crippen LogP contribution in [0.4, 0.5) is 5.95 Å². The number of nitrogens with one attached hydrogen (secondary N) is 2. The lowest BCUT2D eigenvalue weighted by molar-refractivity contribution is -0.141. The van der Waals surface area contributed by atoms with Crippen LogP contribution < -0.4 is 20.3 Å². The molecule has 2 N–H and O–H groups in total. The molecule has 11 heteroatoms. The number of rotatable bonds is 6. The first-order valence-corrected chi connectivity index (χ1v) is 15.1. The number of hydrogen-bond donors (Lipinski definition) is 2. The predicted octanol–water partition coefficient (Wildman–Crippen LogP) is 2.15. The van der Waals surface area contributed by atoms with Crippen molar-refractivity contribution in [3.63, 3.8) is 0 Å². The molecule has 0 unspecified atom stereocenters. The van der Waals surface area contributed by atoms with Crippen molar-refractivity contribution in [2.45, 2.75) is 70.5 Å². The number of likely N-dealkylation sites (N-methyl/N-ethyl adjacent to an activating group) is 1. The number of carbonyl (C=O) groups is 3. The van der Waals surface area contributed by atoms with E-state index in [4.69, 9.17) is 4.74 Å². The lowest BCUT2D eigenvalue weighted by Crippen LogP contribution is -2.54. The maximum absolute atomic E-state index is 13.5. The van der Waals surface area contributed by atoms with Gasteiger partial charge in [0.25, 0.3) is 0 Å². The molecule has 0 radical (unpaired) electrons. The zero-order valence-corrected chi connectivity index (χ0v) is 25.2. The van der Waals surface area contributed by atoms with Gasteiger partial charge in [0.2, 0.25) is 23.7 Å². The largest absolute Gasteiger partial charge is 0.497 e. The van der Waals surface area contributed by atoms with Crippen LogP contribution in [0.5, 0.6) is 5.75 Å². The average Bonchev–Trinajstić information content (AvgIpc) is 3.02. The quantitative estimate of drug-likeness (QED) is 0.534. The molecule has 2 aliphatic rings. The molecule has 42 heavy (non-hydrogen) atoms. The topological polar surface area (TPSA) is 120 Å². The van der Waals surface area contributed by atoms with Gasteiger partial charge in [-0.25, -0.2) is 9.97 Å². The molecule has 3 heterocycles. The van der Waals surface area contributed by atoms with Crippen molar-refractivity contribution in [1.29, 1.82) is 0 Å². The van der Waals surface area contributed by atoms with Crippen molar-refractivity contribution in [2.75, 3.05) is 51.8 Å². The van der Waals surface area contributed by atoms with Gasteiger partial charge in [0.05, 0.1) is 7.11 Å². The van der Waals surface area contributed by atoms with E-state index in [1.54, 1.807) is 21.1 Å². The van der Waals surface area contributed by atoms with Crippen LogP contribution in [-0.4, -0.2) is 96.5 Å². The lowest BCUT2D eigenvalue weighted by atomic mass is 10.0. The Hall–Kier alpha value is -3.73. The van der Waals surface area contributed by atoms with Crippen LogP contribution >= 0.6 is 0 Å². The van der Waals surface area contributed by atoms with Gasteiger partial charge in [0, 0.05) is 70.6 Å². The Morgan fingerprint density at radius 2 is 1.60 bits per heavy atom. The van der Waals surface area contributed by atoms with Crippen LogP contribution in [0.25, 0.3) is 0 Å². The fraction of sp³-hybridized carbons (Fsp3) is 0.581. The molecule has 2 aliphatic heterocycles. The van der Waals surface area contributed by atoms with Gasteiger partial charge in [-0.15, -0.1) is 0 Å². The average molecular weight is 580 g/mol. The van der Waals surface area contributed by atoms with Gasteiger partial charge in [-0.3, -0.25) is 19.3 Å². The molecule has 2 atom stereocenters. The van der Waals surface area contributed by atoms with E-state index in [-0.39, 0.29) is 17.7 Å². The first-order chi connectivity index (χ1) is 20.3. The number of methoxy groups -OCH3 is 1. The highest BCUT2D eigenvalue weighted by Crippen LogP contribution is 2.17. The molecule has 2 aromatic rings. The summed E-state index contributed by atoms with van der Waals surface area (Å²) >= 11 is 0. The molecule has 0 spiro atoms. The Kier molecular flexibility index (Phi) is 11.5. The molecular formula is C31H45N7O4. The number of ether oxygens (including phenoxy) is 1. The SMILES string of the molecule is COc1ccc(C[C@@H]2NC(=O)CCCN(Cc3cnc(N4CCCCC4)nc3)CCCNC(=O)[C@H](C)N(C)C2=O)cc1. The van der Waals surface area contributed by atoms with E-state index < -0.39 is 12.1 Å². The minimum atomic E-state index is -0.789. The van der Waals surface area contributed by atoms with Crippen LogP contribution in [0.2, 0.25) is 0 Å². The van der Waals surface area contributed by atoms with Crippen molar-refractivity contribution in [3.8, 4) is 5.75 Å². The molecule has 2 fully saturated rings. The lowest BCUT2D eigenvalue weighted by Gasteiger charge is -2.29. The van der Waals surface area contributed by atoms with Crippen molar-refractivity contribution < 1.29 is 19.1 Å². The fourth-order valence-electron chi connectivity index (χ4n) is 5.42. The smallest absolute Gasteiger partial charge is 0.245 e. The van der Waals surface area contributed by atoms with Crippen LogP contribution in [0.3, 0.4) is 0 Å². The minimum Gasteiger partial charge on any atom is -0.497 e. The highest BCUT2D eigenvalue weighted by atomic mass is 16.5. The van der Waals surface area contributed by atoms with Crippen LogP contribution in [0.1, 0.15) is 56.6 Å². The molecule has 3 amide bonds. The van der Waals surface area contributed by atoms with Gasteiger partial charge in [-0.05, 0) is 63.3 Å². The zero-order chi connectivity index (χ0) is 29.9. The fourth-order valence-corrected chi connectivity index (χ4v) is 5.42. The molecule has 4 rings (SSSR count). The van der Waals surface area contributed by atoms with Gasteiger partial charge in [0.1, 0.15) is 17.8 Å². The summed E-state index contributed by atoms with van der Waals surface area (Å²) in [4.78, 5) is 54.6. The number of aromatic nitrogens is 2. The summed E-state index contributed by atoms with van der Waals surface area (Å²) in [5.74, 6) is 0.798. The summed E-state index contributed by atoms with van der Waals surface area (Å²) < 4.78 is 5.24. The second-order valence-electron chi connectivity index (χ2n) is 11.3. The second kappa shape index (κ2) is 15.5. The van der Waals surface area contributed by atoms with Crippen molar-refractivity contribution in [2.24, 2.45) is 0 Å². The second-order valence-corrected chi connectivity index (χ2v) is 11.3. The third kappa shape index (κ3) is 8.88. The standard InChI is InChI=1S/C31H45N7O4/c1-23-29(40)32-14-8-16-37(22-25-20-33-31(34-21-25)38-17-5-4-6-18-38)15-7-9-28(39)35-27(30(41)36(23)2)19-24-10-12-26(42-3)13-11-24/h10-13,20-21,23,27H,4-9,14-19,22H2,1-3H3,(H,32,40)(H,35,39)/t23-,27-/m0/s1. The summed E-state index contributed by atoms with van der Waals surface area (Å²) in [6.45, 7) is 6.31.